The summed E-state index contributed by atoms with van der Waals surface area (Å²) >= 11 is 1.70. The van der Waals surface area contributed by atoms with Gasteiger partial charge in [-0.15, -0.1) is 11.3 Å². The van der Waals surface area contributed by atoms with Crippen LogP contribution in [0.15, 0.2) is 84.2 Å². The first-order valence-corrected chi connectivity index (χ1v) is 12.9. The minimum absolute atomic E-state index is 0.235. The predicted molar refractivity (Wildman–Crippen MR) is 140 cm³/mol. The number of thiophene rings is 1. The van der Waals surface area contributed by atoms with Crippen LogP contribution in [0.3, 0.4) is 0 Å². The number of benzene rings is 3. The number of fused-ring (bicyclic) bond motifs is 2. The third-order valence-electron chi connectivity index (χ3n) is 7.30. The molecule has 6 rings (SSSR count). The van der Waals surface area contributed by atoms with Crippen LogP contribution in [0.2, 0.25) is 0 Å². The highest BCUT2D eigenvalue weighted by Gasteiger charge is 2.50. The highest BCUT2D eigenvalue weighted by Crippen LogP contribution is 2.38. The average molecular weight is 496 g/mol. The number of urea groups is 1. The van der Waals surface area contributed by atoms with Gasteiger partial charge < -0.3 is 10.2 Å². The van der Waals surface area contributed by atoms with Crippen molar-refractivity contribution in [1.29, 1.82) is 0 Å². The topological polar surface area (TPSA) is 69.7 Å². The molecular weight excluding hydrogens is 470 g/mol. The zero-order valence-corrected chi connectivity index (χ0v) is 20.6. The van der Waals surface area contributed by atoms with Crippen LogP contribution in [0.1, 0.15) is 34.5 Å². The highest BCUT2D eigenvalue weighted by atomic mass is 32.1. The monoisotopic (exact) mass is 495 g/mol. The Labute approximate surface area is 213 Å². The summed E-state index contributed by atoms with van der Waals surface area (Å²) in [5, 5.41) is 6.94. The summed E-state index contributed by atoms with van der Waals surface area (Å²) in [7, 11) is 0. The van der Waals surface area contributed by atoms with Gasteiger partial charge in [-0.2, -0.15) is 0 Å². The van der Waals surface area contributed by atoms with Crippen molar-refractivity contribution < 1.29 is 14.4 Å². The van der Waals surface area contributed by atoms with Gasteiger partial charge in [-0.3, -0.25) is 14.5 Å². The maximum absolute atomic E-state index is 13.6. The van der Waals surface area contributed by atoms with Crippen LogP contribution in [-0.2, 0) is 21.5 Å². The van der Waals surface area contributed by atoms with Gasteiger partial charge in [0.1, 0.15) is 12.1 Å². The number of imide groups is 1. The predicted octanol–water partition coefficient (Wildman–Crippen LogP) is 4.84. The number of hydrogen-bond donors (Lipinski definition) is 1. The van der Waals surface area contributed by atoms with Crippen LogP contribution < -0.4 is 5.32 Å². The van der Waals surface area contributed by atoms with Crippen LogP contribution in [0, 0.1) is 0 Å². The quantitative estimate of drug-likeness (QED) is 0.412. The number of carbonyl (C=O) groups is 3. The molecule has 36 heavy (non-hydrogen) atoms. The molecule has 0 bridgehead atoms. The molecule has 0 spiro atoms. The first-order chi connectivity index (χ1) is 17.5. The second kappa shape index (κ2) is 8.60. The summed E-state index contributed by atoms with van der Waals surface area (Å²) in [6, 6.07) is 24.8. The molecule has 1 N–H and O–H groups in total. The summed E-state index contributed by atoms with van der Waals surface area (Å²) in [6.07, 6.45) is 0.761. The van der Waals surface area contributed by atoms with Crippen molar-refractivity contribution in [3.63, 3.8) is 0 Å². The van der Waals surface area contributed by atoms with Gasteiger partial charge >= 0.3 is 6.03 Å². The van der Waals surface area contributed by atoms with Crippen molar-refractivity contribution in [2.45, 2.75) is 24.9 Å². The van der Waals surface area contributed by atoms with Crippen molar-refractivity contribution in [3.8, 4) is 0 Å². The zero-order chi connectivity index (χ0) is 24.9. The Bertz CT molecular complexity index is 1500. The Balaban J connectivity index is 1.28. The third kappa shape index (κ3) is 3.58. The third-order valence-corrected chi connectivity index (χ3v) is 8.29. The van der Waals surface area contributed by atoms with Gasteiger partial charge in [0.2, 0.25) is 5.91 Å². The Hall–Kier alpha value is -3.97. The van der Waals surface area contributed by atoms with E-state index in [0.29, 0.717) is 12.1 Å². The molecule has 6 nitrogen and oxygen atoms in total. The van der Waals surface area contributed by atoms with Gasteiger partial charge in [-0.1, -0.05) is 66.7 Å². The molecule has 1 saturated heterocycles. The summed E-state index contributed by atoms with van der Waals surface area (Å²) in [5.41, 5.74) is 1.59. The number of amides is 4. The molecule has 4 aromatic rings. The fourth-order valence-electron chi connectivity index (χ4n) is 5.34. The van der Waals surface area contributed by atoms with Gasteiger partial charge in [-0.25, -0.2) is 4.79 Å². The standard InChI is InChI=1S/C29H25N3O3S/c1-29(22-12-11-19-7-5-6-10-21(19)17-22)27(34)32(28(35)30-29)18-25(33)31-15-13-24-23(14-16-36-24)26(31)20-8-3-2-4-9-20/h2-12,14,16-17,26H,13,15,18H2,1H3,(H,30,35). The van der Waals surface area contributed by atoms with E-state index in [2.05, 4.69) is 16.8 Å². The second-order valence-electron chi connectivity index (χ2n) is 9.46. The van der Waals surface area contributed by atoms with Crippen molar-refractivity contribution in [2.75, 3.05) is 13.1 Å². The fourth-order valence-corrected chi connectivity index (χ4v) is 6.25. The Kier molecular flexibility index (Phi) is 5.38. The lowest BCUT2D eigenvalue weighted by atomic mass is 9.90. The smallest absolute Gasteiger partial charge is 0.325 e. The lowest BCUT2D eigenvalue weighted by Crippen LogP contribution is -2.47. The summed E-state index contributed by atoms with van der Waals surface area (Å²) in [4.78, 5) is 44.3. The lowest BCUT2D eigenvalue weighted by molar-refractivity contribution is -0.140. The molecule has 4 amide bonds. The van der Waals surface area contributed by atoms with Crippen molar-refractivity contribution in [2.24, 2.45) is 0 Å². The SMILES string of the molecule is CC1(c2ccc3ccccc3c2)NC(=O)N(CC(=O)N2CCc3sccc3C2c2ccccc2)C1=O. The molecule has 2 unspecified atom stereocenters. The van der Waals surface area contributed by atoms with Crippen molar-refractivity contribution in [3.05, 3.63) is 106 Å². The lowest BCUT2D eigenvalue weighted by Gasteiger charge is -2.37. The molecule has 3 aromatic carbocycles. The molecule has 0 aliphatic carbocycles. The molecule has 1 fully saturated rings. The van der Waals surface area contributed by atoms with E-state index >= 15 is 0 Å². The van der Waals surface area contributed by atoms with Gasteiger partial charge in [0.25, 0.3) is 5.91 Å². The maximum atomic E-state index is 13.6. The van der Waals surface area contributed by atoms with Gasteiger partial charge in [0.05, 0.1) is 6.04 Å². The number of nitrogens with one attached hydrogen (secondary N) is 1. The van der Waals surface area contributed by atoms with Crippen LogP contribution >= 0.6 is 11.3 Å². The normalized spacial score (nSPS) is 21.5. The summed E-state index contributed by atoms with van der Waals surface area (Å²) in [5.74, 6) is -0.660. The minimum atomic E-state index is -1.23. The van der Waals surface area contributed by atoms with Gasteiger partial charge in [0.15, 0.2) is 0 Å². The Morgan fingerprint density at radius 1 is 1.00 bits per heavy atom. The molecule has 0 radical (unpaired) electrons. The van der Waals surface area contributed by atoms with Gasteiger partial charge in [0, 0.05) is 11.4 Å². The second-order valence-corrected chi connectivity index (χ2v) is 10.5. The largest absolute Gasteiger partial charge is 0.330 e. The molecular formula is C29H25N3O3S. The molecule has 1 aromatic heterocycles. The van der Waals surface area contributed by atoms with Crippen LogP contribution in [-0.4, -0.2) is 40.7 Å². The number of carbonyl (C=O) groups excluding carboxylic acids is 3. The molecule has 180 valence electrons. The average Bonchev–Trinajstić information content (AvgIpc) is 3.47. The Morgan fingerprint density at radius 2 is 1.75 bits per heavy atom. The van der Waals surface area contributed by atoms with Gasteiger partial charge in [-0.05, 0) is 58.3 Å². The van der Waals surface area contributed by atoms with Crippen LogP contribution in [0.25, 0.3) is 10.8 Å². The van der Waals surface area contributed by atoms with E-state index in [1.54, 1.807) is 23.2 Å². The molecule has 3 heterocycles. The zero-order valence-electron chi connectivity index (χ0n) is 19.8. The first kappa shape index (κ1) is 22.5. The molecule has 0 saturated carbocycles. The maximum Gasteiger partial charge on any atom is 0.325 e. The number of nitrogens with zero attached hydrogens (tertiary/aromatic N) is 2. The summed E-state index contributed by atoms with van der Waals surface area (Å²) < 4.78 is 0. The van der Waals surface area contributed by atoms with Crippen LogP contribution in [0.4, 0.5) is 4.79 Å². The van der Waals surface area contributed by atoms with E-state index < -0.39 is 17.5 Å². The number of rotatable bonds is 4. The van der Waals surface area contributed by atoms with Crippen molar-refractivity contribution in [1.82, 2.24) is 15.1 Å². The Morgan fingerprint density at radius 3 is 2.56 bits per heavy atom. The van der Waals surface area contributed by atoms with E-state index in [-0.39, 0.29) is 18.5 Å². The number of hydrogen-bond acceptors (Lipinski definition) is 4. The van der Waals surface area contributed by atoms with E-state index in [9.17, 15) is 14.4 Å². The van der Waals surface area contributed by atoms with E-state index in [4.69, 9.17) is 0 Å². The molecule has 2 atom stereocenters. The highest BCUT2D eigenvalue weighted by molar-refractivity contribution is 7.10. The minimum Gasteiger partial charge on any atom is -0.330 e. The summed E-state index contributed by atoms with van der Waals surface area (Å²) in [6.45, 7) is 1.95. The first-order valence-electron chi connectivity index (χ1n) is 12.0. The van der Waals surface area contributed by atoms with E-state index in [1.807, 2.05) is 72.8 Å². The van der Waals surface area contributed by atoms with Crippen LogP contribution in [0.5, 0.6) is 0 Å². The van der Waals surface area contributed by atoms with E-state index in [0.717, 1.165) is 33.2 Å². The van der Waals surface area contributed by atoms with E-state index in [1.165, 1.54) is 4.88 Å². The molecule has 2 aliphatic rings. The fraction of sp³-hybridized carbons (Fsp3) is 0.207. The molecule has 2 aliphatic heterocycles. The molecule has 7 heteroatoms. The van der Waals surface area contributed by atoms with Crippen molar-refractivity contribution >= 4 is 40.0 Å².